The van der Waals surface area contributed by atoms with Crippen molar-refractivity contribution < 1.29 is 13.2 Å². The van der Waals surface area contributed by atoms with Crippen molar-refractivity contribution in [3.05, 3.63) is 155 Å². The van der Waals surface area contributed by atoms with Crippen molar-refractivity contribution in [1.82, 2.24) is 0 Å². The lowest BCUT2D eigenvalue weighted by Crippen LogP contribution is -2.31. The first-order valence-electron chi connectivity index (χ1n) is 10.8. The van der Waals surface area contributed by atoms with Crippen molar-refractivity contribution in [2.75, 3.05) is 0 Å². The fraction of sp³-hybridized carbons (Fsp3) is 0.0667. The van der Waals surface area contributed by atoms with Gasteiger partial charge in [-0.15, -0.1) is 0 Å². The molecule has 0 radical (unpaired) electrons. The van der Waals surface area contributed by atoms with Crippen LogP contribution in [0.1, 0.15) is 27.8 Å². The van der Waals surface area contributed by atoms with Crippen LogP contribution in [0.15, 0.2) is 127 Å². The van der Waals surface area contributed by atoms with Gasteiger partial charge in [-0.3, -0.25) is 0 Å². The third-order valence-corrected chi connectivity index (χ3v) is 6.22. The van der Waals surface area contributed by atoms with Crippen LogP contribution in [0.5, 0.6) is 0 Å². The lowest BCUT2D eigenvalue weighted by molar-refractivity contribution is -0.137. The molecule has 0 N–H and O–H groups in total. The van der Waals surface area contributed by atoms with Gasteiger partial charge in [-0.2, -0.15) is 13.2 Å². The summed E-state index contributed by atoms with van der Waals surface area (Å²) in [5.41, 5.74) is 1.73. The molecule has 0 fully saturated rings. The Balaban J connectivity index is 1.92. The largest absolute Gasteiger partial charge is 0.416 e. The molecule has 3 heteroatoms. The summed E-state index contributed by atoms with van der Waals surface area (Å²) in [5.74, 6) is 0. The van der Waals surface area contributed by atoms with Crippen LogP contribution in [0.2, 0.25) is 0 Å². The van der Waals surface area contributed by atoms with Gasteiger partial charge in [-0.05, 0) is 45.2 Å². The SMILES string of the molecule is FC(F)(F)c1cccc(C(c2ccccc2)(c2ccccc2)c2ccc3ccccc3c2)c1. The summed E-state index contributed by atoms with van der Waals surface area (Å²) in [6.45, 7) is 0. The van der Waals surface area contributed by atoms with Crippen LogP contribution in [0.25, 0.3) is 10.8 Å². The second-order valence-electron chi connectivity index (χ2n) is 8.12. The van der Waals surface area contributed by atoms with Crippen LogP contribution < -0.4 is 0 Å². The fourth-order valence-corrected chi connectivity index (χ4v) is 4.73. The Kier molecular flexibility index (Phi) is 5.26. The Morgan fingerprint density at radius 3 is 1.45 bits per heavy atom. The maximum absolute atomic E-state index is 13.8. The highest BCUT2D eigenvalue weighted by Crippen LogP contribution is 2.46. The topological polar surface area (TPSA) is 0 Å². The first-order valence-corrected chi connectivity index (χ1v) is 10.8. The fourth-order valence-electron chi connectivity index (χ4n) is 4.73. The molecule has 0 nitrogen and oxygen atoms in total. The van der Waals surface area contributed by atoms with E-state index in [1.807, 2.05) is 97.1 Å². The molecule has 0 aliphatic rings. The van der Waals surface area contributed by atoms with Crippen molar-refractivity contribution in [3.63, 3.8) is 0 Å². The van der Waals surface area contributed by atoms with Crippen LogP contribution in [-0.4, -0.2) is 0 Å². The normalized spacial score (nSPS) is 12.1. The number of rotatable bonds is 4. The summed E-state index contributed by atoms with van der Waals surface area (Å²) >= 11 is 0. The van der Waals surface area contributed by atoms with E-state index in [-0.39, 0.29) is 0 Å². The standard InChI is InChI=1S/C30H21F3/c31-30(32,33)28-17-9-16-26(21-28)29(24-12-3-1-4-13-24,25-14-5-2-6-15-25)27-19-18-22-10-7-8-11-23(22)20-27/h1-21H. The Morgan fingerprint density at radius 2 is 0.848 bits per heavy atom. The molecule has 0 saturated carbocycles. The third kappa shape index (κ3) is 3.70. The van der Waals surface area contributed by atoms with E-state index >= 15 is 0 Å². The molecule has 5 aromatic carbocycles. The van der Waals surface area contributed by atoms with Crippen molar-refractivity contribution in [3.8, 4) is 0 Å². The Morgan fingerprint density at radius 1 is 0.364 bits per heavy atom. The van der Waals surface area contributed by atoms with Crippen molar-refractivity contribution in [2.45, 2.75) is 11.6 Å². The molecule has 0 saturated heterocycles. The molecule has 0 aromatic heterocycles. The first kappa shape index (κ1) is 21.0. The number of alkyl halides is 3. The number of halogens is 3. The number of fused-ring (bicyclic) bond motifs is 1. The molecule has 5 aromatic rings. The summed E-state index contributed by atoms with van der Waals surface area (Å²) in [7, 11) is 0. The van der Waals surface area contributed by atoms with E-state index in [1.54, 1.807) is 6.07 Å². The molecular formula is C30H21F3. The van der Waals surface area contributed by atoms with E-state index < -0.39 is 17.2 Å². The number of hydrogen-bond donors (Lipinski definition) is 0. The molecule has 0 aliphatic heterocycles. The van der Waals surface area contributed by atoms with Gasteiger partial charge in [0.1, 0.15) is 0 Å². The van der Waals surface area contributed by atoms with Crippen molar-refractivity contribution in [2.24, 2.45) is 0 Å². The summed E-state index contributed by atoms with van der Waals surface area (Å²) in [5, 5.41) is 2.12. The van der Waals surface area contributed by atoms with Gasteiger partial charge in [0.25, 0.3) is 0 Å². The molecule has 0 unspecified atom stereocenters. The summed E-state index contributed by atoms with van der Waals surface area (Å²) < 4.78 is 41.3. The third-order valence-electron chi connectivity index (χ3n) is 6.22. The lowest BCUT2D eigenvalue weighted by atomic mass is 9.64. The van der Waals surface area contributed by atoms with E-state index in [9.17, 15) is 13.2 Å². The van der Waals surface area contributed by atoms with E-state index in [0.29, 0.717) is 5.56 Å². The number of benzene rings is 5. The minimum atomic E-state index is -4.43. The van der Waals surface area contributed by atoms with Gasteiger partial charge in [0, 0.05) is 0 Å². The zero-order chi connectivity index (χ0) is 22.9. The Labute approximate surface area is 191 Å². The van der Waals surface area contributed by atoms with Gasteiger partial charge in [-0.1, -0.05) is 115 Å². The van der Waals surface area contributed by atoms with E-state index in [4.69, 9.17) is 0 Å². The zero-order valence-electron chi connectivity index (χ0n) is 17.8. The van der Waals surface area contributed by atoms with Gasteiger partial charge in [0.15, 0.2) is 0 Å². The molecule has 162 valence electrons. The van der Waals surface area contributed by atoms with E-state index in [0.717, 1.165) is 33.5 Å². The van der Waals surface area contributed by atoms with Gasteiger partial charge in [-0.25, -0.2) is 0 Å². The van der Waals surface area contributed by atoms with Gasteiger partial charge in [0.05, 0.1) is 11.0 Å². The van der Waals surface area contributed by atoms with E-state index in [2.05, 4.69) is 6.07 Å². The molecule has 0 atom stereocenters. The van der Waals surface area contributed by atoms with Crippen LogP contribution in [0, 0.1) is 0 Å². The minimum absolute atomic E-state index is 0.574. The molecule has 0 spiro atoms. The molecular weight excluding hydrogens is 417 g/mol. The minimum Gasteiger partial charge on any atom is -0.166 e. The molecule has 0 aliphatic carbocycles. The smallest absolute Gasteiger partial charge is 0.166 e. The van der Waals surface area contributed by atoms with Crippen LogP contribution >= 0.6 is 0 Å². The molecule has 0 heterocycles. The highest BCUT2D eigenvalue weighted by atomic mass is 19.4. The van der Waals surface area contributed by atoms with Crippen LogP contribution in [0.3, 0.4) is 0 Å². The van der Waals surface area contributed by atoms with E-state index in [1.165, 1.54) is 12.1 Å². The molecule has 0 bridgehead atoms. The predicted octanol–water partition coefficient (Wildman–Crippen LogP) is 8.24. The summed E-state index contributed by atoms with van der Waals surface area (Å²) in [6, 6.07) is 39.4. The quantitative estimate of drug-likeness (QED) is 0.248. The van der Waals surface area contributed by atoms with Crippen molar-refractivity contribution >= 4 is 10.8 Å². The maximum atomic E-state index is 13.8. The van der Waals surface area contributed by atoms with Gasteiger partial charge in [0.2, 0.25) is 0 Å². The zero-order valence-corrected chi connectivity index (χ0v) is 17.8. The average molecular weight is 438 g/mol. The average Bonchev–Trinajstić information content (AvgIpc) is 2.85. The summed E-state index contributed by atoms with van der Waals surface area (Å²) in [4.78, 5) is 0. The van der Waals surface area contributed by atoms with Gasteiger partial charge < -0.3 is 0 Å². The predicted molar refractivity (Wildman–Crippen MR) is 127 cm³/mol. The first-order chi connectivity index (χ1) is 16.0. The van der Waals surface area contributed by atoms with Gasteiger partial charge >= 0.3 is 6.18 Å². The Hall–Kier alpha value is -3.85. The number of hydrogen-bond acceptors (Lipinski definition) is 0. The highest BCUT2D eigenvalue weighted by Gasteiger charge is 2.40. The molecule has 0 amide bonds. The second-order valence-corrected chi connectivity index (χ2v) is 8.12. The monoisotopic (exact) mass is 438 g/mol. The van der Waals surface area contributed by atoms with Crippen molar-refractivity contribution in [1.29, 1.82) is 0 Å². The highest BCUT2D eigenvalue weighted by molar-refractivity contribution is 5.84. The van der Waals surface area contributed by atoms with Crippen LogP contribution in [0.4, 0.5) is 13.2 Å². The Bertz CT molecular complexity index is 1350. The maximum Gasteiger partial charge on any atom is 0.416 e. The van der Waals surface area contributed by atoms with Crippen LogP contribution in [-0.2, 0) is 11.6 Å². The second kappa shape index (κ2) is 8.25. The lowest BCUT2D eigenvalue weighted by Gasteiger charge is -2.37. The summed E-state index contributed by atoms with van der Waals surface area (Å²) in [6.07, 6.45) is -4.43. The molecule has 33 heavy (non-hydrogen) atoms. The molecule has 5 rings (SSSR count).